The lowest BCUT2D eigenvalue weighted by molar-refractivity contribution is -0.151. The number of ether oxygens (including phenoxy) is 3. The fourth-order valence-corrected chi connectivity index (χ4v) is 3.02. The summed E-state index contributed by atoms with van der Waals surface area (Å²) >= 11 is 1.25. The predicted molar refractivity (Wildman–Crippen MR) is 94.9 cm³/mol. The second kappa shape index (κ2) is 10.8. The van der Waals surface area contributed by atoms with Gasteiger partial charge in [0.1, 0.15) is 11.6 Å². The monoisotopic (exact) mass is 371 g/mol. The number of carbonyl (C=O) groups is 3. The molecule has 1 aromatic rings. The summed E-state index contributed by atoms with van der Waals surface area (Å²) in [7, 11) is 0. The van der Waals surface area contributed by atoms with Gasteiger partial charge in [0.15, 0.2) is 6.61 Å². The molecule has 1 N–H and O–H groups in total. The van der Waals surface area contributed by atoms with Crippen LogP contribution in [0.15, 0.2) is 5.38 Å². The summed E-state index contributed by atoms with van der Waals surface area (Å²) < 4.78 is 14.8. The second-order valence-corrected chi connectivity index (χ2v) is 6.51. The average Bonchev–Trinajstić information content (AvgIpc) is 2.92. The molecule has 0 bridgehead atoms. The van der Waals surface area contributed by atoms with Crippen LogP contribution in [0.1, 0.15) is 43.6 Å². The highest BCUT2D eigenvalue weighted by Gasteiger charge is 2.22. The molecule has 0 fully saturated rings. The van der Waals surface area contributed by atoms with E-state index < -0.39 is 24.5 Å². The van der Waals surface area contributed by atoms with E-state index in [2.05, 4.69) is 5.32 Å². The standard InChI is InChI=1S/C17H25NO6S/c1-5-22-9-14(20)24-8-13(19)18-16-15(17(21)23-6-2)12(10-25-16)7-11(3)4/h10-11H,5-9H2,1-4H3,(H,18,19). The highest BCUT2D eigenvalue weighted by atomic mass is 32.1. The summed E-state index contributed by atoms with van der Waals surface area (Å²) in [6.45, 7) is 7.56. The van der Waals surface area contributed by atoms with E-state index in [0.717, 1.165) is 5.56 Å². The molecular weight excluding hydrogens is 346 g/mol. The van der Waals surface area contributed by atoms with Crippen LogP contribution in [0, 0.1) is 5.92 Å². The van der Waals surface area contributed by atoms with Crippen molar-refractivity contribution in [3.8, 4) is 0 Å². The first-order valence-corrected chi connectivity index (χ1v) is 9.07. The summed E-state index contributed by atoms with van der Waals surface area (Å²) in [5.74, 6) is -1.25. The first-order valence-electron chi connectivity index (χ1n) is 8.19. The van der Waals surface area contributed by atoms with Crippen LogP contribution in [-0.2, 0) is 30.2 Å². The summed E-state index contributed by atoms with van der Waals surface area (Å²) in [6, 6.07) is 0. The molecule has 0 aliphatic rings. The number of rotatable bonds is 10. The second-order valence-electron chi connectivity index (χ2n) is 5.63. The SMILES string of the molecule is CCOCC(=O)OCC(=O)Nc1scc(CC(C)C)c1C(=O)OCC. The topological polar surface area (TPSA) is 90.9 Å². The van der Waals surface area contributed by atoms with Crippen molar-refractivity contribution in [2.75, 3.05) is 31.7 Å². The summed E-state index contributed by atoms with van der Waals surface area (Å²) in [4.78, 5) is 35.6. The van der Waals surface area contributed by atoms with Gasteiger partial charge in [-0.1, -0.05) is 13.8 Å². The Hall–Kier alpha value is -1.93. The molecule has 1 rings (SSSR count). The maximum Gasteiger partial charge on any atom is 0.341 e. The fraction of sp³-hybridized carbons (Fsp3) is 0.588. The van der Waals surface area contributed by atoms with Crippen molar-refractivity contribution in [2.45, 2.75) is 34.1 Å². The number of anilines is 1. The molecule has 0 aliphatic carbocycles. The van der Waals surface area contributed by atoms with Crippen LogP contribution >= 0.6 is 11.3 Å². The number of hydrogen-bond acceptors (Lipinski definition) is 7. The van der Waals surface area contributed by atoms with E-state index in [1.165, 1.54) is 11.3 Å². The summed E-state index contributed by atoms with van der Waals surface area (Å²) in [5.41, 5.74) is 1.21. The van der Waals surface area contributed by atoms with Crippen LogP contribution in [0.5, 0.6) is 0 Å². The van der Waals surface area contributed by atoms with Gasteiger partial charge >= 0.3 is 11.9 Å². The quantitative estimate of drug-likeness (QED) is 0.636. The molecule has 1 amide bonds. The zero-order valence-electron chi connectivity index (χ0n) is 15.0. The Morgan fingerprint density at radius 1 is 1.12 bits per heavy atom. The predicted octanol–water partition coefficient (Wildman–Crippen LogP) is 2.64. The highest BCUT2D eigenvalue weighted by molar-refractivity contribution is 7.15. The van der Waals surface area contributed by atoms with Gasteiger partial charge in [0.05, 0.1) is 12.2 Å². The molecule has 0 saturated heterocycles. The van der Waals surface area contributed by atoms with Crippen molar-refractivity contribution in [1.29, 1.82) is 0 Å². The molecule has 25 heavy (non-hydrogen) atoms. The van der Waals surface area contributed by atoms with Crippen molar-refractivity contribution in [3.05, 3.63) is 16.5 Å². The maximum absolute atomic E-state index is 12.2. The highest BCUT2D eigenvalue weighted by Crippen LogP contribution is 2.30. The molecule has 0 atom stereocenters. The van der Waals surface area contributed by atoms with Crippen LogP contribution in [-0.4, -0.2) is 44.3 Å². The molecule has 0 spiro atoms. The van der Waals surface area contributed by atoms with Crippen molar-refractivity contribution in [2.24, 2.45) is 5.92 Å². The number of nitrogens with one attached hydrogen (secondary N) is 1. The van der Waals surface area contributed by atoms with Gasteiger partial charge < -0.3 is 19.5 Å². The lowest BCUT2D eigenvalue weighted by Crippen LogP contribution is -2.23. The average molecular weight is 371 g/mol. The smallest absolute Gasteiger partial charge is 0.341 e. The van der Waals surface area contributed by atoms with Crippen LogP contribution in [0.2, 0.25) is 0 Å². The third kappa shape index (κ3) is 7.23. The third-order valence-corrected chi connectivity index (χ3v) is 3.96. The number of esters is 2. The van der Waals surface area contributed by atoms with Gasteiger partial charge in [-0.15, -0.1) is 11.3 Å². The first kappa shape index (κ1) is 21.1. The molecule has 0 aliphatic heterocycles. The molecular formula is C17H25NO6S. The van der Waals surface area contributed by atoms with Crippen LogP contribution in [0.25, 0.3) is 0 Å². The van der Waals surface area contributed by atoms with Crippen molar-refractivity contribution in [1.82, 2.24) is 0 Å². The fourth-order valence-electron chi connectivity index (χ4n) is 2.04. The molecule has 140 valence electrons. The van der Waals surface area contributed by atoms with Crippen LogP contribution < -0.4 is 5.32 Å². The van der Waals surface area contributed by atoms with Gasteiger partial charge in [0.2, 0.25) is 0 Å². The van der Waals surface area contributed by atoms with Gasteiger partial charge in [-0.3, -0.25) is 4.79 Å². The Bertz CT molecular complexity index is 596. The molecule has 0 saturated carbocycles. The molecule has 0 aromatic carbocycles. The van der Waals surface area contributed by atoms with E-state index in [-0.39, 0.29) is 13.2 Å². The van der Waals surface area contributed by atoms with Gasteiger partial charge in [0, 0.05) is 6.61 Å². The van der Waals surface area contributed by atoms with Gasteiger partial charge in [-0.25, -0.2) is 9.59 Å². The lowest BCUT2D eigenvalue weighted by Gasteiger charge is -2.10. The Labute approximate surface area is 151 Å². The number of hydrogen-bond donors (Lipinski definition) is 1. The van der Waals surface area contributed by atoms with Gasteiger partial charge in [0.25, 0.3) is 5.91 Å². The third-order valence-electron chi connectivity index (χ3n) is 3.02. The number of carbonyl (C=O) groups excluding carboxylic acids is 3. The van der Waals surface area contributed by atoms with E-state index in [9.17, 15) is 14.4 Å². The number of amides is 1. The summed E-state index contributed by atoms with van der Waals surface area (Å²) in [6.07, 6.45) is 0.698. The molecule has 0 radical (unpaired) electrons. The van der Waals surface area contributed by atoms with E-state index in [0.29, 0.717) is 29.5 Å². The number of thiophene rings is 1. The van der Waals surface area contributed by atoms with Gasteiger partial charge in [-0.2, -0.15) is 0 Å². The molecule has 8 heteroatoms. The van der Waals surface area contributed by atoms with E-state index in [4.69, 9.17) is 14.2 Å². The van der Waals surface area contributed by atoms with Crippen molar-refractivity contribution in [3.63, 3.8) is 0 Å². The van der Waals surface area contributed by atoms with Gasteiger partial charge in [-0.05, 0) is 37.1 Å². The zero-order valence-corrected chi connectivity index (χ0v) is 15.9. The Balaban J connectivity index is 2.76. The molecule has 0 unspecified atom stereocenters. The molecule has 1 heterocycles. The molecule has 1 aromatic heterocycles. The van der Waals surface area contributed by atoms with E-state index >= 15 is 0 Å². The Kier molecular flexibility index (Phi) is 9.15. The van der Waals surface area contributed by atoms with Crippen LogP contribution in [0.4, 0.5) is 5.00 Å². The first-order chi connectivity index (χ1) is 11.9. The normalized spacial score (nSPS) is 10.6. The van der Waals surface area contributed by atoms with E-state index in [1.54, 1.807) is 13.8 Å². The maximum atomic E-state index is 12.2. The van der Waals surface area contributed by atoms with Crippen molar-refractivity contribution < 1.29 is 28.6 Å². The van der Waals surface area contributed by atoms with Crippen molar-refractivity contribution >= 4 is 34.2 Å². The minimum absolute atomic E-state index is 0.199. The zero-order chi connectivity index (χ0) is 18.8. The minimum atomic E-state index is -0.616. The Morgan fingerprint density at radius 2 is 1.84 bits per heavy atom. The summed E-state index contributed by atoms with van der Waals surface area (Å²) in [5, 5.41) is 4.85. The lowest BCUT2D eigenvalue weighted by atomic mass is 10.0. The minimum Gasteiger partial charge on any atom is -0.462 e. The van der Waals surface area contributed by atoms with Crippen LogP contribution in [0.3, 0.4) is 0 Å². The molecule has 7 nitrogen and oxygen atoms in total. The largest absolute Gasteiger partial charge is 0.462 e. The Morgan fingerprint density at radius 3 is 2.44 bits per heavy atom. The van der Waals surface area contributed by atoms with E-state index in [1.807, 2.05) is 19.2 Å².